The van der Waals surface area contributed by atoms with E-state index in [0.29, 0.717) is 49.5 Å². The van der Waals surface area contributed by atoms with Gasteiger partial charge in [-0.3, -0.25) is 4.79 Å². The molecule has 0 aliphatic carbocycles. The lowest BCUT2D eigenvalue weighted by atomic mass is 9.90. The zero-order chi connectivity index (χ0) is 23.9. The fourth-order valence-electron chi connectivity index (χ4n) is 4.02. The Morgan fingerprint density at radius 2 is 1.69 bits per heavy atom. The molecule has 0 spiro atoms. The van der Waals surface area contributed by atoms with E-state index in [1.54, 1.807) is 26.2 Å². The number of aryl methyl sites for hydroxylation is 1. The zero-order valence-electron chi connectivity index (χ0n) is 20.7. The average molecular weight is 450 g/mol. The van der Waals surface area contributed by atoms with E-state index < -0.39 is 6.04 Å². The highest BCUT2D eigenvalue weighted by Crippen LogP contribution is 2.38. The fourth-order valence-corrected chi connectivity index (χ4v) is 4.02. The number of likely N-dealkylation sites (tertiary alicyclic amines) is 1. The lowest BCUT2D eigenvalue weighted by Crippen LogP contribution is -2.49. The van der Waals surface area contributed by atoms with Gasteiger partial charge < -0.3 is 23.8 Å². The molecule has 0 saturated carbocycles. The van der Waals surface area contributed by atoms with Gasteiger partial charge in [0.1, 0.15) is 6.04 Å². The van der Waals surface area contributed by atoms with Crippen LogP contribution in [0.1, 0.15) is 65.4 Å². The maximum Gasteiger partial charge on any atom is 0.329 e. The molecule has 32 heavy (non-hydrogen) atoms. The second kappa shape index (κ2) is 11.4. The van der Waals surface area contributed by atoms with E-state index in [4.69, 9.17) is 18.9 Å². The van der Waals surface area contributed by atoms with Crippen molar-refractivity contribution < 1.29 is 28.5 Å². The predicted octanol–water partition coefficient (Wildman–Crippen LogP) is 4.39. The predicted molar refractivity (Wildman–Crippen MR) is 123 cm³/mol. The molecule has 1 saturated heterocycles. The van der Waals surface area contributed by atoms with Crippen LogP contribution >= 0.6 is 0 Å². The van der Waals surface area contributed by atoms with Crippen molar-refractivity contribution in [3.8, 4) is 17.2 Å². The van der Waals surface area contributed by atoms with Crippen molar-refractivity contribution >= 4 is 11.9 Å². The summed E-state index contributed by atoms with van der Waals surface area (Å²) in [5.41, 5.74) is 0.888. The molecule has 1 fully saturated rings. The highest BCUT2D eigenvalue weighted by atomic mass is 16.5. The molecule has 0 bridgehead atoms. The van der Waals surface area contributed by atoms with Crippen molar-refractivity contribution in [2.75, 3.05) is 27.9 Å². The van der Waals surface area contributed by atoms with Crippen molar-refractivity contribution in [1.82, 2.24) is 4.90 Å². The van der Waals surface area contributed by atoms with Crippen LogP contribution in [0.15, 0.2) is 12.1 Å². The number of benzene rings is 1. The van der Waals surface area contributed by atoms with Crippen molar-refractivity contribution in [1.29, 1.82) is 0 Å². The fraction of sp³-hybridized carbons (Fsp3) is 0.680. The van der Waals surface area contributed by atoms with Gasteiger partial charge in [0.25, 0.3) is 0 Å². The van der Waals surface area contributed by atoms with Gasteiger partial charge >= 0.3 is 5.97 Å². The Kier molecular flexibility index (Phi) is 9.22. The number of carbonyl (C=O) groups excluding carboxylic acids is 2. The minimum absolute atomic E-state index is 0.0317. The molecule has 0 N–H and O–H groups in total. The molecule has 1 aromatic carbocycles. The van der Waals surface area contributed by atoms with Crippen LogP contribution in [0, 0.1) is 5.41 Å². The Morgan fingerprint density at radius 3 is 2.22 bits per heavy atom. The van der Waals surface area contributed by atoms with Gasteiger partial charge in [-0.1, -0.05) is 20.8 Å². The highest BCUT2D eigenvalue weighted by molar-refractivity contribution is 5.85. The summed E-state index contributed by atoms with van der Waals surface area (Å²) in [6.07, 6.45) is 4.00. The second-order valence-electron chi connectivity index (χ2n) is 9.66. The number of rotatable bonds is 9. The van der Waals surface area contributed by atoms with Gasteiger partial charge in [0.05, 0.1) is 27.4 Å². The van der Waals surface area contributed by atoms with Crippen LogP contribution in [-0.4, -0.2) is 56.8 Å². The summed E-state index contributed by atoms with van der Waals surface area (Å²) >= 11 is 0. The molecule has 2 rings (SSSR count). The zero-order valence-corrected chi connectivity index (χ0v) is 20.7. The molecular weight excluding hydrogens is 410 g/mol. The number of nitrogens with zero attached hydrogens (tertiary/aromatic N) is 1. The summed E-state index contributed by atoms with van der Waals surface area (Å²) in [6.45, 7) is 8.61. The molecule has 1 aliphatic rings. The van der Waals surface area contributed by atoms with E-state index in [1.807, 2.05) is 39.8 Å². The van der Waals surface area contributed by atoms with Gasteiger partial charge in [-0.25, -0.2) is 4.79 Å². The summed E-state index contributed by atoms with van der Waals surface area (Å²) in [6, 6.07) is 3.33. The lowest BCUT2D eigenvalue weighted by Gasteiger charge is -2.36. The third-order valence-electron chi connectivity index (χ3n) is 5.66. The summed E-state index contributed by atoms with van der Waals surface area (Å²) in [5, 5.41) is 0. The number of ether oxygens (including phenoxy) is 4. The first-order valence-electron chi connectivity index (χ1n) is 11.4. The van der Waals surface area contributed by atoms with E-state index in [2.05, 4.69) is 0 Å². The number of esters is 1. The number of hydrogen-bond donors (Lipinski definition) is 0. The number of methoxy groups -OCH3 is 3. The van der Waals surface area contributed by atoms with Gasteiger partial charge in [0, 0.05) is 13.0 Å². The second-order valence-corrected chi connectivity index (χ2v) is 9.66. The van der Waals surface area contributed by atoms with Crippen molar-refractivity contribution in [2.45, 2.75) is 78.4 Å². The summed E-state index contributed by atoms with van der Waals surface area (Å²) in [7, 11) is 4.74. The standard InChI is InChI=1S/C25H39NO6/c1-17(11-12-18-14-20(29-5)23(31-7)21(15-18)30-6)32-24(28)19-10-8-9-13-26(19)22(27)16-25(2,3)4/h14-15,17,19H,8-13,16H2,1-7H3/t17-,19?/m0/s1. The van der Waals surface area contributed by atoms with Crippen molar-refractivity contribution in [2.24, 2.45) is 5.41 Å². The van der Waals surface area contributed by atoms with Crippen molar-refractivity contribution in [3.05, 3.63) is 17.7 Å². The molecule has 0 aromatic heterocycles. The topological polar surface area (TPSA) is 74.3 Å². The summed E-state index contributed by atoms with van der Waals surface area (Å²) in [4.78, 5) is 27.4. The number of carbonyl (C=O) groups is 2. The molecule has 1 heterocycles. The van der Waals surface area contributed by atoms with Crippen LogP contribution in [0.25, 0.3) is 0 Å². The Balaban J connectivity index is 1.99. The van der Waals surface area contributed by atoms with E-state index in [1.165, 1.54) is 0 Å². The first kappa shape index (κ1) is 25.8. The molecular formula is C25H39NO6. The van der Waals surface area contributed by atoms with Gasteiger partial charge in [-0.2, -0.15) is 0 Å². The highest BCUT2D eigenvalue weighted by Gasteiger charge is 2.35. The number of piperidine rings is 1. The van der Waals surface area contributed by atoms with Crippen molar-refractivity contribution in [3.63, 3.8) is 0 Å². The lowest BCUT2D eigenvalue weighted by molar-refractivity contribution is -0.161. The Labute approximate surface area is 192 Å². The number of hydrogen-bond acceptors (Lipinski definition) is 6. The summed E-state index contributed by atoms with van der Waals surface area (Å²) < 4.78 is 21.9. The minimum Gasteiger partial charge on any atom is -0.493 e. The molecule has 1 unspecified atom stereocenters. The first-order chi connectivity index (χ1) is 15.1. The summed E-state index contributed by atoms with van der Waals surface area (Å²) in [5.74, 6) is 1.48. The van der Waals surface area contributed by atoms with Crippen LogP contribution in [0.4, 0.5) is 0 Å². The Bertz CT molecular complexity index is 760. The van der Waals surface area contributed by atoms with E-state index in [-0.39, 0.29) is 23.4 Å². The molecule has 7 heteroatoms. The molecule has 7 nitrogen and oxygen atoms in total. The first-order valence-corrected chi connectivity index (χ1v) is 11.4. The van der Waals surface area contributed by atoms with Crippen LogP contribution in [0.2, 0.25) is 0 Å². The van der Waals surface area contributed by atoms with Gasteiger partial charge in [0.2, 0.25) is 11.7 Å². The van der Waals surface area contributed by atoms with Crippen LogP contribution in [0.5, 0.6) is 17.2 Å². The maximum absolute atomic E-state index is 12.9. The monoisotopic (exact) mass is 449 g/mol. The molecule has 1 aromatic rings. The average Bonchev–Trinajstić information content (AvgIpc) is 2.75. The van der Waals surface area contributed by atoms with Gasteiger partial charge in [0.15, 0.2) is 11.5 Å². The maximum atomic E-state index is 12.9. The number of amides is 1. The third kappa shape index (κ3) is 7.04. The van der Waals surface area contributed by atoms with Gasteiger partial charge in [-0.15, -0.1) is 0 Å². The largest absolute Gasteiger partial charge is 0.493 e. The molecule has 0 radical (unpaired) electrons. The van der Waals surface area contributed by atoms with E-state index in [0.717, 1.165) is 18.4 Å². The molecule has 180 valence electrons. The van der Waals surface area contributed by atoms with Crippen LogP contribution in [-0.2, 0) is 20.7 Å². The van der Waals surface area contributed by atoms with E-state index in [9.17, 15) is 9.59 Å². The molecule has 1 aliphatic heterocycles. The quantitative estimate of drug-likeness (QED) is 0.521. The Morgan fingerprint density at radius 1 is 1.06 bits per heavy atom. The SMILES string of the molecule is COc1cc(CC[C@H](C)OC(=O)C2CCCCN2C(=O)CC(C)(C)C)cc(OC)c1OC. The minimum atomic E-state index is -0.484. The van der Waals surface area contributed by atoms with E-state index >= 15 is 0 Å². The Hall–Kier alpha value is -2.44. The molecule has 2 atom stereocenters. The third-order valence-corrected chi connectivity index (χ3v) is 5.66. The van der Waals surface area contributed by atoms with Crippen LogP contribution in [0.3, 0.4) is 0 Å². The normalized spacial score (nSPS) is 17.5. The smallest absolute Gasteiger partial charge is 0.329 e. The van der Waals surface area contributed by atoms with Crippen LogP contribution < -0.4 is 14.2 Å². The van der Waals surface area contributed by atoms with Gasteiger partial charge in [-0.05, 0) is 62.1 Å². The molecule has 1 amide bonds.